The van der Waals surface area contributed by atoms with Crippen molar-refractivity contribution in [2.75, 3.05) is 0 Å². The van der Waals surface area contributed by atoms with Crippen LogP contribution in [0, 0.1) is 34.0 Å². The van der Waals surface area contributed by atoms with Gasteiger partial charge in [0.15, 0.2) is 17.7 Å². The van der Waals surface area contributed by atoms with Crippen molar-refractivity contribution in [3.05, 3.63) is 47.8 Å². The number of Topliss-reactive ketones (excluding diaryl/α,β-unsaturated/α-hetero) is 1. The lowest BCUT2D eigenvalue weighted by Gasteiger charge is -2.62. The minimum atomic E-state index is -1.11. The summed E-state index contributed by atoms with van der Waals surface area (Å²) in [7, 11) is 0. The minimum Gasteiger partial charge on any atom is -0.479 e. The number of aliphatic hydroxyl groups is 2. The Morgan fingerprint density at radius 1 is 1.05 bits per heavy atom. The van der Waals surface area contributed by atoms with Gasteiger partial charge in [-0.1, -0.05) is 52.5 Å². The summed E-state index contributed by atoms with van der Waals surface area (Å²) < 4.78 is 11.9. The van der Waals surface area contributed by atoms with Crippen molar-refractivity contribution >= 4 is 11.6 Å². The Labute approximate surface area is 220 Å². The van der Waals surface area contributed by atoms with E-state index in [9.17, 15) is 19.8 Å². The van der Waals surface area contributed by atoms with E-state index < -0.39 is 29.5 Å². The van der Waals surface area contributed by atoms with Gasteiger partial charge in [0.1, 0.15) is 11.9 Å². The van der Waals surface area contributed by atoms with E-state index in [0.717, 1.165) is 30.4 Å². The Morgan fingerprint density at radius 2 is 1.73 bits per heavy atom. The monoisotopic (exact) mass is 510 g/mol. The fourth-order valence-corrected chi connectivity index (χ4v) is 8.89. The van der Waals surface area contributed by atoms with Crippen LogP contribution in [0.2, 0.25) is 0 Å². The average molecular weight is 511 g/mol. The van der Waals surface area contributed by atoms with Gasteiger partial charge in [-0.25, -0.2) is 0 Å². The van der Waals surface area contributed by atoms with Crippen LogP contribution in [0.15, 0.2) is 47.8 Å². The predicted molar refractivity (Wildman–Crippen MR) is 140 cm³/mol. The van der Waals surface area contributed by atoms with Gasteiger partial charge < -0.3 is 19.7 Å². The lowest BCUT2D eigenvalue weighted by molar-refractivity contribution is -0.176. The normalized spacial score (nSPS) is 44.5. The molecule has 5 rings (SSSR count). The highest BCUT2D eigenvalue weighted by molar-refractivity contribution is 5.99. The molecule has 5 aliphatic rings. The maximum Gasteiger partial charge on any atom is 0.202 e. The molecule has 0 radical (unpaired) electrons. The van der Waals surface area contributed by atoms with Gasteiger partial charge in [-0.2, -0.15) is 0 Å². The average Bonchev–Trinajstić information content (AvgIpc) is 3.23. The van der Waals surface area contributed by atoms with Crippen LogP contribution >= 0.6 is 0 Å². The van der Waals surface area contributed by atoms with Crippen LogP contribution in [0.3, 0.4) is 0 Å². The van der Waals surface area contributed by atoms with Gasteiger partial charge in [0, 0.05) is 23.0 Å². The quantitative estimate of drug-likeness (QED) is 0.529. The van der Waals surface area contributed by atoms with Gasteiger partial charge in [-0.3, -0.25) is 9.59 Å². The van der Waals surface area contributed by atoms with Crippen LogP contribution in [0.1, 0.15) is 73.6 Å². The third-order valence-electron chi connectivity index (χ3n) is 10.7. The Hall–Kier alpha value is -2.02. The Kier molecular flexibility index (Phi) is 5.92. The van der Waals surface area contributed by atoms with Gasteiger partial charge in [-0.05, 0) is 74.2 Å². The van der Waals surface area contributed by atoms with Gasteiger partial charge in [0.2, 0.25) is 5.78 Å². The summed E-state index contributed by atoms with van der Waals surface area (Å²) in [5, 5.41) is 22.0. The second-order valence-corrected chi connectivity index (χ2v) is 13.7. The first kappa shape index (κ1) is 26.6. The van der Waals surface area contributed by atoms with Crippen molar-refractivity contribution < 1.29 is 29.3 Å². The molecule has 3 fully saturated rings. The zero-order chi connectivity index (χ0) is 27.3. The predicted octanol–water partition coefficient (Wildman–Crippen LogP) is 4.81. The van der Waals surface area contributed by atoms with E-state index in [1.807, 2.05) is 13.8 Å². The first-order chi connectivity index (χ1) is 17.0. The van der Waals surface area contributed by atoms with E-state index in [4.69, 9.17) is 9.47 Å². The third-order valence-corrected chi connectivity index (χ3v) is 10.7. The standard InChI is InChI=1S/C31H42O6/c1-16-13-23-30(7,12-11-22-28(3,4)26(34)19(32)15-31(22,23)8)25(16)18-9-10-20(36-27(18)35)17(2)21-14-24(33)29(5,6)37-21/h9,14,19-20,22-23,25,27,32,35H,1-2,10-13,15H2,3-8H3/t19-,20+,22+,23+,25+,27-,30-,31+/m1/s1. The first-order valence-electron chi connectivity index (χ1n) is 13.6. The van der Waals surface area contributed by atoms with Crippen molar-refractivity contribution in [3.63, 3.8) is 0 Å². The van der Waals surface area contributed by atoms with Crippen LogP contribution < -0.4 is 0 Å². The summed E-state index contributed by atoms with van der Waals surface area (Å²) in [6.07, 6.45) is 4.62. The molecule has 0 amide bonds. The summed E-state index contributed by atoms with van der Waals surface area (Å²) in [6.45, 7) is 20.6. The minimum absolute atomic E-state index is 0.0384. The molecule has 0 unspecified atom stereocenters. The number of hydrogen-bond acceptors (Lipinski definition) is 6. The molecule has 2 heterocycles. The van der Waals surface area contributed by atoms with Crippen LogP contribution in [-0.2, 0) is 19.1 Å². The summed E-state index contributed by atoms with van der Waals surface area (Å²) in [5.74, 6) is 0.661. The third kappa shape index (κ3) is 3.70. The number of allylic oxidation sites excluding steroid dienone is 1. The molecule has 6 heteroatoms. The molecule has 0 bridgehead atoms. The molecule has 0 saturated heterocycles. The summed E-state index contributed by atoms with van der Waals surface area (Å²) in [5.41, 5.74) is 0.624. The van der Waals surface area contributed by atoms with Crippen molar-refractivity contribution in [2.45, 2.75) is 97.7 Å². The highest BCUT2D eigenvalue weighted by atomic mass is 16.6. The van der Waals surface area contributed by atoms with Crippen molar-refractivity contribution in [1.82, 2.24) is 0 Å². The number of aliphatic hydroxyl groups excluding tert-OH is 2. The number of carbonyl (C=O) groups is 2. The molecule has 6 nitrogen and oxygen atoms in total. The smallest absolute Gasteiger partial charge is 0.202 e. The lowest BCUT2D eigenvalue weighted by atomic mass is 9.42. The van der Waals surface area contributed by atoms with E-state index in [-0.39, 0.29) is 40.2 Å². The zero-order valence-corrected chi connectivity index (χ0v) is 23.1. The molecule has 37 heavy (non-hydrogen) atoms. The first-order valence-corrected chi connectivity index (χ1v) is 13.6. The molecular formula is C31H42O6. The molecule has 2 N–H and O–H groups in total. The van der Waals surface area contributed by atoms with Crippen LogP contribution in [0.4, 0.5) is 0 Å². The second-order valence-electron chi connectivity index (χ2n) is 13.7. The van der Waals surface area contributed by atoms with E-state index in [1.165, 1.54) is 6.08 Å². The zero-order valence-electron chi connectivity index (χ0n) is 23.1. The molecule has 0 aromatic heterocycles. The van der Waals surface area contributed by atoms with E-state index in [1.54, 1.807) is 13.8 Å². The fraction of sp³-hybridized carbons (Fsp3) is 0.677. The Balaban J connectivity index is 1.41. The maximum atomic E-state index is 12.9. The number of ketones is 2. The number of rotatable bonds is 3. The summed E-state index contributed by atoms with van der Waals surface area (Å²) in [6, 6.07) is 0. The van der Waals surface area contributed by atoms with Crippen LogP contribution in [0.25, 0.3) is 0 Å². The molecule has 8 atom stereocenters. The number of carbonyl (C=O) groups excluding carboxylic acids is 2. The lowest BCUT2D eigenvalue weighted by Crippen LogP contribution is -2.61. The van der Waals surface area contributed by atoms with E-state index in [0.29, 0.717) is 24.2 Å². The fourth-order valence-electron chi connectivity index (χ4n) is 8.89. The largest absolute Gasteiger partial charge is 0.479 e. The van der Waals surface area contributed by atoms with Crippen molar-refractivity contribution in [1.29, 1.82) is 0 Å². The second kappa shape index (κ2) is 8.24. The van der Waals surface area contributed by atoms with E-state index >= 15 is 0 Å². The van der Waals surface area contributed by atoms with Gasteiger partial charge >= 0.3 is 0 Å². The molecule has 2 aliphatic heterocycles. The molecule has 0 aromatic rings. The Morgan fingerprint density at radius 3 is 2.32 bits per heavy atom. The molecule has 3 aliphatic carbocycles. The molecule has 0 aromatic carbocycles. The highest BCUT2D eigenvalue weighted by Gasteiger charge is 2.66. The molecule has 3 saturated carbocycles. The van der Waals surface area contributed by atoms with Gasteiger partial charge in [0.25, 0.3) is 0 Å². The SMILES string of the molecule is C=C1C[C@H]2[C@@](C)(CC[C@H]3C(C)(C)C(=O)[C@H](O)C[C@]23C)[C@@H]1C1=CC[C@@H](C(=C)C2=CC(=O)C(C)(C)O2)O[C@H]1O. The van der Waals surface area contributed by atoms with Gasteiger partial charge in [0.05, 0.1) is 6.10 Å². The summed E-state index contributed by atoms with van der Waals surface area (Å²) >= 11 is 0. The number of ether oxygens (including phenoxy) is 2. The highest BCUT2D eigenvalue weighted by Crippen LogP contribution is 2.71. The topological polar surface area (TPSA) is 93.1 Å². The molecule has 202 valence electrons. The molecule has 0 spiro atoms. The summed E-state index contributed by atoms with van der Waals surface area (Å²) in [4.78, 5) is 25.1. The van der Waals surface area contributed by atoms with E-state index in [2.05, 4.69) is 33.1 Å². The maximum absolute atomic E-state index is 12.9. The van der Waals surface area contributed by atoms with Crippen molar-refractivity contribution in [3.8, 4) is 0 Å². The number of fused-ring (bicyclic) bond motifs is 3. The number of hydrogen-bond donors (Lipinski definition) is 2. The van der Waals surface area contributed by atoms with Crippen LogP contribution in [0.5, 0.6) is 0 Å². The van der Waals surface area contributed by atoms with Crippen LogP contribution in [-0.4, -0.2) is 45.9 Å². The molecular weight excluding hydrogens is 468 g/mol. The van der Waals surface area contributed by atoms with Crippen molar-refractivity contribution in [2.24, 2.45) is 34.0 Å². The van der Waals surface area contributed by atoms with Gasteiger partial charge in [-0.15, -0.1) is 0 Å². The Bertz CT molecular complexity index is 1140.